The Hall–Kier alpha value is -8.28. The van der Waals surface area contributed by atoms with Crippen molar-refractivity contribution in [1.29, 1.82) is 0 Å². The van der Waals surface area contributed by atoms with Crippen LogP contribution in [-0.2, 0) is 5.41 Å². The first-order valence-corrected chi connectivity index (χ1v) is 23.2. The third-order valence-electron chi connectivity index (χ3n) is 14.3. The lowest BCUT2D eigenvalue weighted by atomic mass is 9.82. The summed E-state index contributed by atoms with van der Waals surface area (Å²) in [7, 11) is 0. The Kier molecular flexibility index (Phi) is 8.84. The van der Waals surface area contributed by atoms with Crippen molar-refractivity contribution in [1.82, 2.24) is 24.5 Å². The van der Waals surface area contributed by atoms with Gasteiger partial charge in [-0.1, -0.05) is 191 Å². The number of aromatic nitrogens is 5. The predicted molar refractivity (Wildman–Crippen MR) is 277 cm³/mol. The standard InChI is InChI=1S/C62H45N5/c1-38-16-10-14-24-55(38)67-56-25-15-12-22-47(56)50-36-48-49-34-43(31-33-54(49)63-58(51(48)37-57(50)67)40-17-6-4-7-18-40)39-26-28-42(29-27-39)60-64-59(41-19-8-5-9-20-41)65-61(66-60)44-30-32-46-45-21-11-13-23-52(45)62(2,3)53(46)35-44/h4-38,55H,1-3H3. The summed E-state index contributed by atoms with van der Waals surface area (Å²) in [5.41, 5.74) is 15.7. The molecule has 0 fully saturated rings. The number of para-hydroxylation sites is 1. The smallest absolute Gasteiger partial charge is 0.164 e. The van der Waals surface area contributed by atoms with Gasteiger partial charge in [-0.15, -0.1) is 0 Å². The van der Waals surface area contributed by atoms with Gasteiger partial charge in [0.15, 0.2) is 17.5 Å². The molecule has 3 aromatic heterocycles. The summed E-state index contributed by atoms with van der Waals surface area (Å²) >= 11 is 0. The van der Waals surface area contributed by atoms with Crippen molar-refractivity contribution < 1.29 is 0 Å². The Morgan fingerprint density at radius 1 is 0.403 bits per heavy atom. The number of fused-ring (bicyclic) bond motifs is 9. The van der Waals surface area contributed by atoms with Gasteiger partial charge < -0.3 is 4.57 Å². The van der Waals surface area contributed by atoms with E-state index in [0.29, 0.717) is 23.4 Å². The molecule has 3 heterocycles. The fraction of sp³-hybridized carbons (Fsp3) is 0.0968. The molecule has 0 aliphatic heterocycles. The first kappa shape index (κ1) is 39.1. The van der Waals surface area contributed by atoms with E-state index in [4.69, 9.17) is 19.9 Å². The van der Waals surface area contributed by atoms with Gasteiger partial charge in [-0.05, 0) is 81.1 Å². The summed E-state index contributed by atoms with van der Waals surface area (Å²) in [5.74, 6) is 2.30. The van der Waals surface area contributed by atoms with Crippen molar-refractivity contribution in [3.63, 3.8) is 0 Å². The van der Waals surface area contributed by atoms with Crippen molar-refractivity contribution >= 4 is 43.5 Å². The van der Waals surface area contributed by atoms with E-state index in [-0.39, 0.29) is 11.5 Å². The van der Waals surface area contributed by atoms with Crippen molar-refractivity contribution in [2.24, 2.45) is 5.92 Å². The highest BCUT2D eigenvalue weighted by Crippen LogP contribution is 2.49. The molecule has 2 atom stereocenters. The summed E-state index contributed by atoms with van der Waals surface area (Å²) in [6.07, 6.45) is 9.00. The van der Waals surface area contributed by atoms with Crippen LogP contribution in [0.3, 0.4) is 0 Å². The Morgan fingerprint density at radius 3 is 1.79 bits per heavy atom. The molecule has 2 aliphatic rings. The average Bonchev–Trinajstić information content (AvgIpc) is 3.82. The summed E-state index contributed by atoms with van der Waals surface area (Å²) in [6, 6.07) is 65.4. The van der Waals surface area contributed by atoms with Gasteiger partial charge in [0.05, 0.1) is 22.8 Å². The highest BCUT2D eigenvalue weighted by molar-refractivity contribution is 6.20. The predicted octanol–water partition coefficient (Wildman–Crippen LogP) is 15.6. The molecule has 0 bridgehead atoms. The molecule has 0 spiro atoms. The molecule has 2 unspecified atom stereocenters. The molecule has 67 heavy (non-hydrogen) atoms. The Morgan fingerprint density at radius 2 is 1.01 bits per heavy atom. The zero-order valence-corrected chi connectivity index (χ0v) is 37.5. The van der Waals surface area contributed by atoms with Crippen LogP contribution in [0.4, 0.5) is 0 Å². The summed E-state index contributed by atoms with van der Waals surface area (Å²) in [5, 5.41) is 5.96. The van der Waals surface area contributed by atoms with E-state index in [1.165, 1.54) is 49.4 Å². The molecule has 2 aliphatic carbocycles. The van der Waals surface area contributed by atoms with Gasteiger partial charge in [0.1, 0.15) is 0 Å². The van der Waals surface area contributed by atoms with Crippen molar-refractivity contribution in [3.8, 4) is 67.7 Å². The maximum atomic E-state index is 5.43. The third kappa shape index (κ3) is 6.30. The molecular formula is C62H45N5. The minimum absolute atomic E-state index is 0.138. The van der Waals surface area contributed by atoms with Crippen molar-refractivity contribution in [3.05, 3.63) is 217 Å². The van der Waals surface area contributed by atoms with Gasteiger partial charge >= 0.3 is 0 Å². The second kappa shape index (κ2) is 15.1. The first-order valence-electron chi connectivity index (χ1n) is 23.2. The quantitative estimate of drug-likeness (QED) is 0.156. The molecular weight excluding hydrogens is 815 g/mol. The number of nitrogens with zero attached hydrogens (tertiary/aromatic N) is 5. The Labute approximate surface area is 389 Å². The monoisotopic (exact) mass is 859 g/mol. The van der Waals surface area contributed by atoms with Crippen LogP contribution < -0.4 is 0 Å². The van der Waals surface area contributed by atoms with Crippen LogP contribution in [0, 0.1) is 5.92 Å². The number of benzene rings is 8. The lowest BCUT2D eigenvalue weighted by Gasteiger charge is -2.24. The van der Waals surface area contributed by atoms with Gasteiger partial charge in [-0.25, -0.2) is 19.9 Å². The summed E-state index contributed by atoms with van der Waals surface area (Å²) in [4.78, 5) is 20.8. The number of allylic oxidation sites excluding steroid dienone is 4. The van der Waals surface area contributed by atoms with E-state index in [0.717, 1.165) is 55.4 Å². The van der Waals surface area contributed by atoms with Crippen LogP contribution >= 0.6 is 0 Å². The second-order valence-corrected chi connectivity index (χ2v) is 18.7. The van der Waals surface area contributed by atoms with Crippen molar-refractivity contribution in [2.75, 3.05) is 0 Å². The molecule has 5 heteroatoms. The molecule has 0 radical (unpaired) electrons. The third-order valence-corrected chi connectivity index (χ3v) is 14.3. The lowest BCUT2D eigenvalue weighted by Crippen LogP contribution is -2.15. The topological polar surface area (TPSA) is 56.5 Å². The lowest BCUT2D eigenvalue weighted by molar-refractivity contribution is 0.510. The van der Waals surface area contributed by atoms with E-state index in [9.17, 15) is 0 Å². The highest BCUT2D eigenvalue weighted by atomic mass is 15.0. The Balaban J connectivity index is 0.936. The molecule has 5 nitrogen and oxygen atoms in total. The van der Waals surface area contributed by atoms with Gasteiger partial charge in [0, 0.05) is 54.7 Å². The maximum Gasteiger partial charge on any atom is 0.164 e. The van der Waals surface area contributed by atoms with E-state index in [1.54, 1.807) is 0 Å². The Bertz CT molecular complexity index is 3840. The molecule has 13 rings (SSSR count). The molecule has 0 saturated heterocycles. The van der Waals surface area contributed by atoms with Crippen LogP contribution in [0.2, 0.25) is 0 Å². The molecule has 318 valence electrons. The van der Waals surface area contributed by atoms with E-state index in [2.05, 4.69) is 213 Å². The van der Waals surface area contributed by atoms with Crippen LogP contribution in [0.5, 0.6) is 0 Å². The summed E-state index contributed by atoms with van der Waals surface area (Å²) in [6.45, 7) is 6.92. The second-order valence-electron chi connectivity index (χ2n) is 18.7. The van der Waals surface area contributed by atoms with Crippen LogP contribution in [-0.4, -0.2) is 24.5 Å². The van der Waals surface area contributed by atoms with Crippen LogP contribution in [0.25, 0.3) is 111 Å². The number of rotatable bonds is 6. The van der Waals surface area contributed by atoms with Crippen LogP contribution in [0.1, 0.15) is 37.9 Å². The SMILES string of the molecule is CC1C=CC=CC1n1c2ccccc2c2cc3c(cc21)c(-c1ccccc1)nc1ccc(-c2ccc(-c4nc(-c5ccccc5)nc(-c5ccc6c(c5)C(C)(C)c5ccccc5-6)n4)cc2)cc13. The van der Waals surface area contributed by atoms with Crippen molar-refractivity contribution in [2.45, 2.75) is 32.2 Å². The molecule has 11 aromatic rings. The maximum absolute atomic E-state index is 5.43. The average molecular weight is 860 g/mol. The number of pyridine rings is 1. The summed E-state index contributed by atoms with van der Waals surface area (Å²) < 4.78 is 2.54. The van der Waals surface area contributed by atoms with E-state index < -0.39 is 0 Å². The van der Waals surface area contributed by atoms with E-state index in [1.807, 2.05) is 18.2 Å². The molecule has 8 aromatic carbocycles. The van der Waals surface area contributed by atoms with Gasteiger partial charge in [0.25, 0.3) is 0 Å². The zero-order valence-electron chi connectivity index (χ0n) is 37.5. The molecule has 0 N–H and O–H groups in total. The molecule has 0 amide bonds. The number of hydrogen-bond donors (Lipinski definition) is 0. The largest absolute Gasteiger partial charge is 0.333 e. The normalized spacial score (nSPS) is 16.0. The highest BCUT2D eigenvalue weighted by Gasteiger charge is 2.35. The minimum atomic E-state index is -0.138. The van der Waals surface area contributed by atoms with Gasteiger partial charge in [0.2, 0.25) is 0 Å². The van der Waals surface area contributed by atoms with E-state index >= 15 is 0 Å². The van der Waals surface area contributed by atoms with Crippen LogP contribution in [0.15, 0.2) is 206 Å². The van der Waals surface area contributed by atoms with Gasteiger partial charge in [-0.2, -0.15) is 0 Å². The minimum Gasteiger partial charge on any atom is -0.333 e. The molecule has 0 saturated carbocycles. The van der Waals surface area contributed by atoms with Gasteiger partial charge in [-0.3, -0.25) is 0 Å². The first-order chi connectivity index (χ1) is 32.9. The fourth-order valence-electron chi connectivity index (χ4n) is 10.8. The fourth-order valence-corrected chi connectivity index (χ4v) is 10.8. The zero-order chi connectivity index (χ0) is 44.8. The number of hydrogen-bond acceptors (Lipinski definition) is 4.